The number of rotatable bonds is 4. The van der Waals surface area contributed by atoms with Gasteiger partial charge in [-0.25, -0.2) is 0 Å². The molecule has 0 spiro atoms. The van der Waals surface area contributed by atoms with Crippen LogP contribution in [0.5, 0.6) is 0 Å². The molecule has 0 N–H and O–H groups in total. The van der Waals surface area contributed by atoms with Crippen LogP contribution in [0.4, 0.5) is 0 Å². The van der Waals surface area contributed by atoms with E-state index in [0.29, 0.717) is 0 Å². The van der Waals surface area contributed by atoms with E-state index >= 15 is 0 Å². The Morgan fingerprint density at radius 1 is 1.33 bits per heavy atom. The predicted octanol–water partition coefficient (Wildman–Crippen LogP) is 1.28. The molecule has 0 aliphatic rings. The first-order chi connectivity index (χ1) is 5.79. The second-order valence-corrected chi connectivity index (χ2v) is 3.67. The molecule has 4 heteroatoms. The summed E-state index contributed by atoms with van der Waals surface area (Å²) < 4.78 is 2.09. The largest absolute Gasteiger partial charge is 0.318 e. The molecule has 0 saturated carbocycles. The molecule has 0 amide bonds. The number of aryl methyl sites for hydroxylation is 2. The van der Waals surface area contributed by atoms with Gasteiger partial charge in [0, 0.05) is 25.6 Å². The Morgan fingerprint density at radius 2 is 2.00 bits per heavy atom. The molecule has 0 atom stereocenters. The van der Waals surface area contributed by atoms with Crippen LogP contribution in [0.2, 0.25) is 0 Å². The van der Waals surface area contributed by atoms with Crippen molar-refractivity contribution in [2.24, 2.45) is 7.05 Å². The van der Waals surface area contributed by atoms with Crippen LogP contribution >= 0.6 is 11.8 Å². The Hall–Kier alpha value is -0.510. The summed E-state index contributed by atoms with van der Waals surface area (Å²) in [5.41, 5.74) is 0. The maximum atomic E-state index is 4.12. The van der Waals surface area contributed by atoms with Crippen LogP contribution in [0, 0.1) is 0 Å². The summed E-state index contributed by atoms with van der Waals surface area (Å²) in [5.74, 6) is 3.29. The topological polar surface area (TPSA) is 30.7 Å². The fourth-order valence-corrected chi connectivity index (χ4v) is 1.50. The number of hydrogen-bond donors (Lipinski definition) is 0. The minimum absolute atomic E-state index is 0.961. The summed E-state index contributed by atoms with van der Waals surface area (Å²) in [6.45, 7) is 2.10. The minimum atomic E-state index is 0.961. The van der Waals surface area contributed by atoms with E-state index in [9.17, 15) is 0 Å². The molecule has 3 nitrogen and oxygen atoms in total. The lowest BCUT2D eigenvalue weighted by Crippen LogP contribution is -2.02. The fraction of sp³-hybridized carbons (Fsp3) is 0.750. The number of thioether (sulfide) groups is 1. The first-order valence-corrected chi connectivity index (χ1v) is 5.55. The maximum Gasteiger partial charge on any atom is 0.133 e. The standard InChI is InChI=1S/C8H15N3S/c1-4-7-9-10-8(11(7)2)5-6-12-3/h4-6H2,1-3H3. The van der Waals surface area contributed by atoms with E-state index in [1.54, 1.807) is 0 Å². The predicted molar refractivity (Wildman–Crippen MR) is 52.5 cm³/mol. The molecule has 0 aliphatic heterocycles. The van der Waals surface area contributed by atoms with Crippen molar-refractivity contribution in [1.29, 1.82) is 0 Å². The van der Waals surface area contributed by atoms with Gasteiger partial charge in [0.05, 0.1) is 0 Å². The monoisotopic (exact) mass is 185 g/mol. The lowest BCUT2D eigenvalue weighted by atomic mass is 10.4. The normalized spacial score (nSPS) is 10.6. The minimum Gasteiger partial charge on any atom is -0.318 e. The van der Waals surface area contributed by atoms with Crippen molar-refractivity contribution in [3.05, 3.63) is 11.6 Å². The highest BCUT2D eigenvalue weighted by Gasteiger charge is 2.05. The van der Waals surface area contributed by atoms with Crippen molar-refractivity contribution in [3.63, 3.8) is 0 Å². The zero-order valence-corrected chi connectivity index (χ0v) is 8.69. The van der Waals surface area contributed by atoms with Gasteiger partial charge >= 0.3 is 0 Å². The Morgan fingerprint density at radius 3 is 2.50 bits per heavy atom. The summed E-state index contributed by atoms with van der Waals surface area (Å²) in [6.07, 6.45) is 4.09. The summed E-state index contributed by atoms with van der Waals surface area (Å²) >= 11 is 1.84. The average molecular weight is 185 g/mol. The summed E-state index contributed by atoms with van der Waals surface area (Å²) in [6, 6.07) is 0. The van der Waals surface area contributed by atoms with Gasteiger partial charge in [-0.1, -0.05) is 6.92 Å². The smallest absolute Gasteiger partial charge is 0.133 e. The van der Waals surface area contributed by atoms with Gasteiger partial charge in [0.15, 0.2) is 0 Å². The molecule has 0 aliphatic carbocycles. The summed E-state index contributed by atoms with van der Waals surface area (Å²) in [4.78, 5) is 0. The van der Waals surface area contributed by atoms with Gasteiger partial charge < -0.3 is 4.57 Å². The molecule has 1 heterocycles. The quantitative estimate of drug-likeness (QED) is 0.708. The molecule has 0 radical (unpaired) electrons. The Balaban J connectivity index is 2.66. The molecule has 0 unspecified atom stereocenters. The van der Waals surface area contributed by atoms with E-state index < -0.39 is 0 Å². The third-order valence-corrected chi connectivity index (χ3v) is 2.51. The lowest BCUT2D eigenvalue weighted by molar-refractivity contribution is 0.762. The van der Waals surface area contributed by atoms with Crippen molar-refractivity contribution >= 4 is 11.8 Å². The molecular formula is C8H15N3S. The number of nitrogens with zero attached hydrogens (tertiary/aromatic N) is 3. The van der Waals surface area contributed by atoms with Gasteiger partial charge in [0.2, 0.25) is 0 Å². The Bertz CT molecular complexity index is 244. The molecular weight excluding hydrogens is 170 g/mol. The van der Waals surface area contributed by atoms with Gasteiger partial charge in [-0.15, -0.1) is 10.2 Å². The number of aromatic nitrogens is 3. The van der Waals surface area contributed by atoms with Gasteiger partial charge in [0.1, 0.15) is 11.6 Å². The van der Waals surface area contributed by atoms with Gasteiger partial charge in [-0.3, -0.25) is 0 Å². The van der Waals surface area contributed by atoms with Crippen molar-refractivity contribution in [2.75, 3.05) is 12.0 Å². The molecule has 12 heavy (non-hydrogen) atoms. The second-order valence-electron chi connectivity index (χ2n) is 2.69. The third kappa shape index (κ3) is 2.00. The third-order valence-electron chi connectivity index (χ3n) is 1.90. The van der Waals surface area contributed by atoms with Crippen LogP contribution in [-0.2, 0) is 19.9 Å². The molecule has 1 aromatic rings. The Labute approximate surface area is 77.6 Å². The maximum absolute atomic E-state index is 4.12. The summed E-state index contributed by atoms with van der Waals surface area (Å²) in [7, 11) is 2.04. The highest BCUT2D eigenvalue weighted by atomic mass is 32.2. The van der Waals surface area contributed by atoms with Crippen LogP contribution in [0.1, 0.15) is 18.6 Å². The fourth-order valence-electron chi connectivity index (χ4n) is 1.12. The zero-order valence-electron chi connectivity index (χ0n) is 7.87. The van der Waals surface area contributed by atoms with Crippen molar-refractivity contribution < 1.29 is 0 Å². The van der Waals surface area contributed by atoms with Crippen LogP contribution in [-0.4, -0.2) is 26.8 Å². The van der Waals surface area contributed by atoms with Gasteiger partial charge in [0.25, 0.3) is 0 Å². The molecule has 0 saturated heterocycles. The highest BCUT2D eigenvalue weighted by molar-refractivity contribution is 7.98. The van der Waals surface area contributed by atoms with Crippen LogP contribution in [0.3, 0.4) is 0 Å². The van der Waals surface area contributed by atoms with E-state index in [-0.39, 0.29) is 0 Å². The molecule has 0 fully saturated rings. The van der Waals surface area contributed by atoms with E-state index in [1.807, 2.05) is 18.8 Å². The van der Waals surface area contributed by atoms with Crippen LogP contribution in [0.25, 0.3) is 0 Å². The van der Waals surface area contributed by atoms with E-state index in [2.05, 4.69) is 27.9 Å². The van der Waals surface area contributed by atoms with Crippen LogP contribution in [0.15, 0.2) is 0 Å². The first kappa shape index (κ1) is 9.58. The highest BCUT2D eigenvalue weighted by Crippen LogP contribution is 2.03. The average Bonchev–Trinajstić information content (AvgIpc) is 2.43. The molecule has 0 aromatic carbocycles. The number of hydrogen-bond acceptors (Lipinski definition) is 3. The lowest BCUT2D eigenvalue weighted by Gasteiger charge is -2.00. The molecule has 1 aromatic heterocycles. The SMILES string of the molecule is CCc1nnc(CCSC)n1C. The molecule has 1 rings (SSSR count). The Kier molecular flexibility index (Phi) is 3.59. The van der Waals surface area contributed by atoms with Crippen molar-refractivity contribution in [3.8, 4) is 0 Å². The zero-order chi connectivity index (χ0) is 8.97. The van der Waals surface area contributed by atoms with E-state index in [4.69, 9.17) is 0 Å². The first-order valence-electron chi connectivity index (χ1n) is 4.15. The summed E-state index contributed by atoms with van der Waals surface area (Å²) in [5, 5.41) is 8.21. The van der Waals surface area contributed by atoms with Crippen molar-refractivity contribution in [2.45, 2.75) is 19.8 Å². The van der Waals surface area contributed by atoms with Gasteiger partial charge in [-0.2, -0.15) is 11.8 Å². The molecule has 68 valence electrons. The second kappa shape index (κ2) is 4.50. The van der Waals surface area contributed by atoms with Crippen LogP contribution < -0.4 is 0 Å². The van der Waals surface area contributed by atoms with Crippen molar-refractivity contribution in [1.82, 2.24) is 14.8 Å². The molecule has 0 bridgehead atoms. The van der Waals surface area contributed by atoms with Gasteiger partial charge in [-0.05, 0) is 6.26 Å². The van der Waals surface area contributed by atoms with E-state index in [0.717, 1.165) is 30.2 Å². The van der Waals surface area contributed by atoms with E-state index in [1.165, 1.54) is 0 Å².